The van der Waals surface area contributed by atoms with Gasteiger partial charge in [0.1, 0.15) is 5.82 Å². The molecule has 98 valence electrons. The van der Waals surface area contributed by atoms with E-state index in [1.807, 2.05) is 0 Å². The van der Waals surface area contributed by atoms with Crippen LogP contribution in [0.5, 0.6) is 0 Å². The molecular formula is C12H14FNO3S. The van der Waals surface area contributed by atoms with Gasteiger partial charge in [0, 0.05) is 5.56 Å². The van der Waals surface area contributed by atoms with E-state index in [1.54, 1.807) is 19.9 Å². The molecule has 1 saturated heterocycles. The van der Waals surface area contributed by atoms with Crippen molar-refractivity contribution in [2.24, 2.45) is 5.41 Å². The highest BCUT2D eigenvalue weighted by Gasteiger charge is 2.49. The molecule has 1 amide bonds. The minimum Gasteiger partial charge on any atom is -0.273 e. The molecule has 1 aromatic rings. The monoisotopic (exact) mass is 271 g/mol. The first-order valence-corrected chi connectivity index (χ1v) is 7.13. The minimum atomic E-state index is -3.64. The van der Waals surface area contributed by atoms with Crippen molar-refractivity contribution < 1.29 is 17.6 Å². The van der Waals surface area contributed by atoms with Crippen molar-refractivity contribution in [1.29, 1.82) is 0 Å². The Balaban J connectivity index is 2.35. The average molecular weight is 271 g/mol. The lowest BCUT2D eigenvalue weighted by Crippen LogP contribution is -2.32. The van der Waals surface area contributed by atoms with E-state index in [0.717, 1.165) is 4.31 Å². The number of rotatable bonds is 2. The Morgan fingerprint density at radius 3 is 2.44 bits per heavy atom. The highest BCUT2D eigenvalue weighted by Crippen LogP contribution is 2.33. The summed E-state index contributed by atoms with van der Waals surface area (Å²) >= 11 is 0. The minimum absolute atomic E-state index is 0.201. The lowest BCUT2D eigenvalue weighted by atomic mass is 9.95. The molecule has 1 heterocycles. The molecule has 0 spiro atoms. The van der Waals surface area contributed by atoms with Gasteiger partial charge in [-0.3, -0.25) is 4.79 Å². The highest BCUT2D eigenvalue weighted by atomic mass is 32.2. The predicted octanol–water partition coefficient (Wildman–Crippen LogP) is 1.52. The first kappa shape index (κ1) is 13.0. The Kier molecular flexibility index (Phi) is 2.93. The van der Waals surface area contributed by atoms with Crippen molar-refractivity contribution in [1.82, 2.24) is 4.31 Å². The average Bonchev–Trinajstić information content (AvgIpc) is 2.39. The summed E-state index contributed by atoms with van der Waals surface area (Å²) in [5.74, 6) is -1.22. The highest BCUT2D eigenvalue weighted by molar-refractivity contribution is 7.90. The van der Waals surface area contributed by atoms with Crippen LogP contribution >= 0.6 is 0 Å². The van der Waals surface area contributed by atoms with E-state index in [4.69, 9.17) is 0 Å². The van der Waals surface area contributed by atoms with Gasteiger partial charge >= 0.3 is 0 Å². The van der Waals surface area contributed by atoms with Crippen molar-refractivity contribution in [3.8, 4) is 0 Å². The van der Waals surface area contributed by atoms with Gasteiger partial charge in [-0.05, 0) is 19.9 Å². The summed E-state index contributed by atoms with van der Waals surface area (Å²) in [4.78, 5) is 12.0. The first-order valence-electron chi connectivity index (χ1n) is 5.52. The molecule has 0 radical (unpaired) electrons. The molecule has 1 fully saturated rings. The van der Waals surface area contributed by atoms with Gasteiger partial charge in [-0.2, -0.15) is 0 Å². The van der Waals surface area contributed by atoms with Gasteiger partial charge in [-0.1, -0.05) is 18.2 Å². The summed E-state index contributed by atoms with van der Waals surface area (Å²) in [5, 5.41) is 0. The standard InChI is InChI=1S/C12H14FNO3S/c1-12(2)8-18(16,17)14(11(12)15)7-9-5-3-4-6-10(9)13/h3-6H,7-8H2,1-2H3. The number of hydrogen-bond donors (Lipinski definition) is 0. The summed E-state index contributed by atoms with van der Waals surface area (Å²) in [7, 11) is -3.64. The summed E-state index contributed by atoms with van der Waals surface area (Å²) in [6, 6.07) is 5.84. The van der Waals surface area contributed by atoms with E-state index in [1.165, 1.54) is 18.2 Å². The first-order chi connectivity index (χ1) is 8.24. The van der Waals surface area contributed by atoms with Gasteiger partial charge in [0.15, 0.2) is 0 Å². The molecule has 18 heavy (non-hydrogen) atoms. The normalized spacial score (nSPS) is 21.3. The van der Waals surface area contributed by atoms with Gasteiger partial charge in [-0.25, -0.2) is 17.1 Å². The summed E-state index contributed by atoms with van der Waals surface area (Å²) < 4.78 is 38.0. The van der Waals surface area contributed by atoms with Crippen molar-refractivity contribution in [3.63, 3.8) is 0 Å². The molecule has 1 aromatic carbocycles. The summed E-state index contributed by atoms with van der Waals surface area (Å²) in [6.45, 7) is 2.92. The molecule has 0 aromatic heterocycles. The molecule has 0 bridgehead atoms. The topological polar surface area (TPSA) is 54.5 Å². The fourth-order valence-electron chi connectivity index (χ4n) is 2.01. The van der Waals surface area contributed by atoms with Crippen LogP contribution in [-0.2, 0) is 21.4 Å². The molecule has 0 unspecified atom stereocenters. The molecule has 1 aliphatic heterocycles. The van der Waals surface area contributed by atoms with E-state index >= 15 is 0 Å². The van der Waals surface area contributed by atoms with Crippen LogP contribution in [0.2, 0.25) is 0 Å². The van der Waals surface area contributed by atoms with Gasteiger partial charge < -0.3 is 0 Å². The Labute approximate surface area is 105 Å². The molecular weight excluding hydrogens is 257 g/mol. The van der Waals surface area contributed by atoms with Crippen LogP contribution in [0.4, 0.5) is 4.39 Å². The molecule has 0 aliphatic carbocycles. The Morgan fingerprint density at radius 2 is 1.94 bits per heavy atom. The zero-order valence-electron chi connectivity index (χ0n) is 10.2. The third kappa shape index (κ3) is 2.12. The van der Waals surface area contributed by atoms with Crippen LogP contribution in [0.25, 0.3) is 0 Å². The second-order valence-corrected chi connectivity index (χ2v) is 6.94. The molecule has 4 nitrogen and oxygen atoms in total. The number of nitrogens with zero attached hydrogens (tertiary/aromatic N) is 1. The van der Waals surface area contributed by atoms with Crippen LogP contribution in [0.15, 0.2) is 24.3 Å². The van der Waals surface area contributed by atoms with E-state index < -0.39 is 27.2 Å². The zero-order chi connectivity index (χ0) is 13.6. The molecule has 0 atom stereocenters. The third-order valence-electron chi connectivity index (χ3n) is 2.96. The fourth-order valence-corrected chi connectivity index (χ4v) is 4.04. The summed E-state index contributed by atoms with van der Waals surface area (Å²) in [6.07, 6.45) is 0. The van der Waals surface area contributed by atoms with Crippen LogP contribution in [0, 0.1) is 11.2 Å². The van der Waals surface area contributed by atoms with Crippen molar-refractivity contribution in [2.45, 2.75) is 20.4 Å². The van der Waals surface area contributed by atoms with Crippen LogP contribution in [0.1, 0.15) is 19.4 Å². The second-order valence-electron chi connectivity index (χ2n) is 5.04. The van der Waals surface area contributed by atoms with E-state index in [0.29, 0.717) is 0 Å². The molecule has 6 heteroatoms. The van der Waals surface area contributed by atoms with Crippen molar-refractivity contribution in [3.05, 3.63) is 35.6 Å². The van der Waals surface area contributed by atoms with E-state index in [2.05, 4.69) is 0 Å². The quantitative estimate of drug-likeness (QED) is 0.819. The maximum atomic E-state index is 13.5. The number of halogens is 1. The number of amides is 1. The van der Waals surface area contributed by atoms with Crippen LogP contribution < -0.4 is 0 Å². The summed E-state index contributed by atoms with van der Waals surface area (Å²) in [5.41, 5.74) is -0.739. The third-order valence-corrected chi connectivity index (χ3v) is 5.01. The number of carbonyl (C=O) groups excluding carboxylic acids is 1. The Bertz CT molecular complexity index is 595. The number of carbonyl (C=O) groups is 1. The predicted molar refractivity (Wildman–Crippen MR) is 64.5 cm³/mol. The van der Waals surface area contributed by atoms with Crippen LogP contribution in [0.3, 0.4) is 0 Å². The van der Waals surface area contributed by atoms with E-state index in [9.17, 15) is 17.6 Å². The van der Waals surface area contributed by atoms with Gasteiger partial charge in [0.2, 0.25) is 15.9 Å². The number of hydrogen-bond acceptors (Lipinski definition) is 3. The SMILES string of the molecule is CC1(C)CS(=O)(=O)N(Cc2ccccc2F)C1=O. The van der Waals surface area contributed by atoms with Gasteiger partial charge in [-0.15, -0.1) is 0 Å². The lowest BCUT2D eigenvalue weighted by Gasteiger charge is -2.17. The lowest BCUT2D eigenvalue weighted by molar-refractivity contribution is -0.132. The maximum absolute atomic E-state index is 13.5. The zero-order valence-corrected chi connectivity index (χ0v) is 11.0. The number of sulfonamides is 1. The van der Waals surface area contributed by atoms with E-state index in [-0.39, 0.29) is 17.9 Å². The van der Waals surface area contributed by atoms with Gasteiger partial charge in [0.05, 0.1) is 17.7 Å². The Hall–Kier alpha value is -1.43. The largest absolute Gasteiger partial charge is 0.273 e. The van der Waals surface area contributed by atoms with Crippen molar-refractivity contribution in [2.75, 3.05) is 5.75 Å². The molecule has 1 aliphatic rings. The molecule has 0 N–H and O–H groups in total. The number of benzene rings is 1. The Morgan fingerprint density at radius 1 is 1.33 bits per heavy atom. The van der Waals surface area contributed by atoms with Crippen LogP contribution in [-0.4, -0.2) is 24.4 Å². The fraction of sp³-hybridized carbons (Fsp3) is 0.417. The van der Waals surface area contributed by atoms with Crippen molar-refractivity contribution >= 4 is 15.9 Å². The van der Waals surface area contributed by atoms with Gasteiger partial charge in [0.25, 0.3) is 0 Å². The molecule has 2 rings (SSSR count). The molecule has 0 saturated carbocycles. The second kappa shape index (κ2) is 4.05. The maximum Gasteiger partial charge on any atom is 0.243 e. The smallest absolute Gasteiger partial charge is 0.243 e.